The van der Waals surface area contributed by atoms with Crippen LogP contribution >= 0.6 is 0 Å². The summed E-state index contributed by atoms with van der Waals surface area (Å²) in [5.41, 5.74) is 6.51. The van der Waals surface area contributed by atoms with Crippen LogP contribution in [0.15, 0.2) is 23.8 Å². The summed E-state index contributed by atoms with van der Waals surface area (Å²) in [5, 5.41) is 8.54. The van der Waals surface area contributed by atoms with Crippen LogP contribution in [-0.2, 0) is 4.79 Å². The van der Waals surface area contributed by atoms with Crippen LogP contribution in [0, 0.1) is 0 Å². The molecule has 0 radical (unpaired) electrons. The maximum atomic E-state index is 10.4. The van der Waals surface area contributed by atoms with Crippen molar-refractivity contribution in [1.82, 2.24) is 0 Å². The van der Waals surface area contributed by atoms with Gasteiger partial charge in [0.2, 0.25) is 0 Å². The Morgan fingerprint density at radius 1 is 1.75 bits per heavy atom. The maximum Gasteiger partial charge on any atom is 0.320 e. The molecule has 0 aliphatic heterocycles. The van der Waals surface area contributed by atoms with Gasteiger partial charge in [-0.25, -0.2) is 0 Å². The lowest BCUT2D eigenvalue weighted by atomic mass is 9.98. The summed E-state index contributed by atoms with van der Waals surface area (Å²) in [6, 6.07) is -0.747. The van der Waals surface area contributed by atoms with Crippen LogP contribution < -0.4 is 5.73 Å². The third kappa shape index (κ3) is 2.51. The van der Waals surface area contributed by atoms with Crippen molar-refractivity contribution in [2.45, 2.75) is 25.3 Å². The fourth-order valence-corrected chi connectivity index (χ4v) is 1.19. The second-order valence-electron chi connectivity index (χ2n) is 2.94. The molecule has 1 rings (SSSR count). The fraction of sp³-hybridized carbons (Fsp3) is 0.444. The number of nitrogens with two attached hydrogens (primary N) is 1. The van der Waals surface area contributed by atoms with Crippen molar-refractivity contribution in [3.05, 3.63) is 23.8 Å². The molecule has 0 saturated carbocycles. The molecule has 0 aromatic carbocycles. The first-order valence-corrected chi connectivity index (χ1v) is 4.03. The molecule has 0 saturated heterocycles. The van der Waals surface area contributed by atoms with E-state index in [9.17, 15) is 4.79 Å². The Hall–Kier alpha value is -1.09. The van der Waals surface area contributed by atoms with E-state index >= 15 is 0 Å². The number of allylic oxidation sites excluding steroid dienone is 3. The first kappa shape index (κ1) is 9.00. The molecule has 66 valence electrons. The number of carbonyl (C=O) groups is 1. The molecule has 0 bridgehead atoms. The van der Waals surface area contributed by atoms with E-state index in [2.05, 4.69) is 6.08 Å². The van der Waals surface area contributed by atoms with Gasteiger partial charge in [-0.2, -0.15) is 0 Å². The molecule has 0 unspecified atom stereocenters. The first-order valence-electron chi connectivity index (χ1n) is 4.03. The molecule has 0 aromatic heterocycles. The largest absolute Gasteiger partial charge is 0.480 e. The molecule has 0 aromatic rings. The summed E-state index contributed by atoms with van der Waals surface area (Å²) in [6.07, 6.45) is 8.38. The number of aliphatic carboxylic acids is 1. The van der Waals surface area contributed by atoms with E-state index in [1.165, 1.54) is 0 Å². The highest BCUT2D eigenvalue weighted by molar-refractivity contribution is 5.73. The van der Waals surface area contributed by atoms with Gasteiger partial charge in [0.25, 0.3) is 0 Å². The Kier molecular flexibility index (Phi) is 3.05. The van der Waals surface area contributed by atoms with Gasteiger partial charge in [-0.1, -0.05) is 23.8 Å². The summed E-state index contributed by atoms with van der Waals surface area (Å²) in [7, 11) is 0. The Bertz CT molecular complexity index is 231. The summed E-state index contributed by atoms with van der Waals surface area (Å²) in [5.74, 6) is -0.926. The normalized spacial score (nSPS) is 18.6. The van der Waals surface area contributed by atoms with Crippen molar-refractivity contribution in [1.29, 1.82) is 0 Å². The molecular weight excluding hydrogens is 154 g/mol. The highest BCUT2D eigenvalue weighted by Gasteiger charge is 2.13. The van der Waals surface area contributed by atoms with Crippen LogP contribution in [0.25, 0.3) is 0 Å². The number of hydrogen-bond donors (Lipinski definition) is 2. The van der Waals surface area contributed by atoms with E-state index in [0.29, 0.717) is 6.42 Å². The van der Waals surface area contributed by atoms with Gasteiger partial charge in [-0.05, 0) is 19.3 Å². The van der Waals surface area contributed by atoms with E-state index in [1.807, 2.05) is 12.2 Å². The molecule has 0 fully saturated rings. The van der Waals surface area contributed by atoms with Crippen LogP contribution in [0.3, 0.4) is 0 Å². The van der Waals surface area contributed by atoms with Crippen molar-refractivity contribution >= 4 is 5.97 Å². The minimum Gasteiger partial charge on any atom is -0.480 e. The van der Waals surface area contributed by atoms with Crippen LogP contribution in [0.5, 0.6) is 0 Å². The second kappa shape index (κ2) is 4.07. The number of rotatable bonds is 3. The lowest BCUT2D eigenvalue weighted by Gasteiger charge is -2.11. The van der Waals surface area contributed by atoms with Crippen molar-refractivity contribution < 1.29 is 9.90 Å². The van der Waals surface area contributed by atoms with Crippen LogP contribution in [0.2, 0.25) is 0 Å². The van der Waals surface area contributed by atoms with E-state index in [1.54, 1.807) is 0 Å². The van der Waals surface area contributed by atoms with Gasteiger partial charge >= 0.3 is 5.97 Å². The molecule has 12 heavy (non-hydrogen) atoms. The number of hydrogen-bond acceptors (Lipinski definition) is 2. The molecule has 0 heterocycles. The van der Waals surface area contributed by atoms with Gasteiger partial charge < -0.3 is 10.8 Å². The quantitative estimate of drug-likeness (QED) is 0.660. The summed E-state index contributed by atoms with van der Waals surface area (Å²) < 4.78 is 0. The molecule has 3 nitrogen and oxygen atoms in total. The molecular formula is C9H13NO2. The summed E-state index contributed by atoms with van der Waals surface area (Å²) in [6.45, 7) is 0. The molecule has 1 atom stereocenters. The number of carboxylic acid groups (broad SMARTS) is 1. The Morgan fingerprint density at radius 3 is 3.00 bits per heavy atom. The van der Waals surface area contributed by atoms with Crippen LogP contribution in [0.1, 0.15) is 19.3 Å². The highest BCUT2D eigenvalue weighted by Crippen LogP contribution is 2.16. The Labute approximate surface area is 71.6 Å². The van der Waals surface area contributed by atoms with E-state index in [-0.39, 0.29) is 0 Å². The predicted octanol–water partition coefficient (Wildman–Crippen LogP) is 1.06. The second-order valence-corrected chi connectivity index (χ2v) is 2.94. The predicted molar refractivity (Wildman–Crippen MR) is 46.7 cm³/mol. The standard InChI is InChI=1S/C9H13NO2/c10-8(9(11)12)6-7-4-2-1-3-5-7/h1-2,4,8H,3,5-6,10H2,(H,11,12)/t8-/m0/s1. The SMILES string of the molecule is N[C@@H](CC1=CC=CCC1)C(=O)O. The van der Waals surface area contributed by atoms with Gasteiger partial charge in [0, 0.05) is 0 Å². The van der Waals surface area contributed by atoms with E-state index in [4.69, 9.17) is 10.8 Å². The van der Waals surface area contributed by atoms with E-state index < -0.39 is 12.0 Å². The van der Waals surface area contributed by atoms with Gasteiger partial charge in [-0.3, -0.25) is 4.79 Å². The van der Waals surface area contributed by atoms with Crippen molar-refractivity contribution in [3.8, 4) is 0 Å². The van der Waals surface area contributed by atoms with Gasteiger partial charge in [0.1, 0.15) is 6.04 Å². The topological polar surface area (TPSA) is 63.3 Å². The average molecular weight is 167 g/mol. The van der Waals surface area contributed by atoms with Crippen molar-refractivity contribution in [3.63, 3.8) is 0 Å². The third-order valence-electron chi connectivity index (χ3n) is 1.90. The molecule has 1 aliphatic carbocycles. The zero-order valence-electron chi connectivity index (χ0n) is 6.86. The van der Waals surface area contributed by atoms with Crippen molar-refractivity contribution in [2.24, 2.45) is 5.73 Å². The lowest BCUT2D eigenvalue weighted by molar-refractivity contribution is -0.138. The monoisotopic (exact) mass is 167 g/mol. The third-order valence-corrected chi connectivity index (χ3v) is 1.90. The molecule has 3 N–H and O–H groups in total. The molecule has 0 spiro atoms. The summed E-state index contributed by atoms with van der Waals surface area (Å²) in [4.78, 5) is 10.4. The van der Waals surface area contributed by atoms with Gasteiger partial charge in [0.15, 0.2) is 0 Å². The zero-order chi connectivity index (χ0) is 8.97. The highest BCUT2D eigenvalue weighted by atomic mass is 16.4. The van der Waals surface area contributed by atoms with E-state index in [0.717, 1.165) is 18.4 Å². The Balaban J connectivity index is 2.45. The molecule has 1 aliphatic rings. The fourth-order valence-electron chi connectivity index (χ4n) is 1.19. The van der Waals surface area contributed by atoms with Crippen molar-refractivity contribution in [2.75, 3.05) is 0 Å². The van der Waals surface area contributed by atoms with Gasteiger partial charge in [0.05, 0.1) is 0 Å². The zero-order valence-corrected chi connectivity index (χ0v) is 6.86. The smallest absolute Gasteiger partial charge is 0.320 e. The first-order chi connectivity index (χ1) is 5.70. The lowest BCUT2D eigenvalue weighted by Crippen LogP contribution is -2.30. The number of carboxylic acids is 1. The minimum atomic E-state index is -0.926. The maximum absolute atomic E-state index is 10.4. The summed E-state index contributed by atoms with van der Waals surface area (Å²) >= 11 is 0. The molecule has 0 amide bonds. The van der Waals surface area contributed by atoms with Gasteiger partial charge in [-0.15, -0.1) is 0 Å². The molecule has 3 heteroatoms. The van der Waals surface area contributed by atoms with Crippen LogP contribution in [-0.4, -0.2) is 17.1 Å². The Morgan fingerprint density at radius 2 is 2.50 bits per heavy atom. The van der Waals surface area contributed by atoms with Crippen LogP contribution in [0.4, 0.5) is 0 Å². The average Bonchev–Trinajstić information content (AvgIpc) is 2.06. The minimum absolute atomic E-state index is 0.472.